The second kappa shape index (κ2) is 5.49. The molecule has 0 N–H and O–H groups in total. The van der Waals surface area contributed by atoms with Crippen LogP contribution >= 0.6 is 0 Å². The first-order valence-corrected chi connectivity index (χ1v) is 10.3. The van der Waals surface area contributed by atoms with Gasteiger partial charge in [-0.1, -0.05) is 18.2 Å². The van der Waals surface area contributed by atoms with Crippen molar-refractivity contribution < 1.29 is 4.57 Å². The summed E-state index contributed by atoms with van der Waals surface area (Å²) in [6.07, 6.45) is 2.13. The number of hydrogen-bond donors (Lipinski definition) is 0. The lowest BCUT2D eigenvalue weighted by molar-refractivity contribution is -0.643. The fourth-order valence-corrected chi connectivity index (χ4v) is 5.47. The molecule has 0 unspecified atom stereocenters. The first-order chi connectivity index (χ1) is 14.5. The normalized spacial score (nSPS) is 12.1. The first-order valence-electron chi connectivity index (χ1n) is 10.3. The maximum atomic E-state index is 7.89. The molecule has 0 atom stereocenters. The Balaban J connectivity index is 2.20. The molecule has 0 spiro atoms. The van der Waals surface area contributed by atoms with Gasteiger partial charge in [0.15, 0.2) is 11.9 Å². The van der Waals surface area contributed by atoms with Gasteiger partial charge < -0.3 is 4.40 Å². The van der Waals surface area contributed by atoms with Crippen molar-refractivity contribution in [1.82, 2.24) is 4.40 Å². The third-order valence-electron chi connectivity index (χ3n) is 7.25. The van der Waals surface area contributed by atoms with Crippen LogP contribution in [0, 0.1) is 34.3 Å². The average Bonchev–Trinajstić information content (AvgIpc) is 3.11. The van der Waals surface area contributed by atoms with Gasteiger partial charge in [-0.25, -0.2) is 9.41 Å². The number of nitrogens with zero attached hydrogens (tertiary/aromatic N) is 3. The largest absolute Gasteiger partial charge is 0.309 e. The van der Waals surface area contributed by atoms with Gasteiger partial charge in [-0.15, -0.1) is 0 Å². The summed E-state index contributed by atoms with van der Waals surface area (Å²) in [4.78, 5) is 3.95. The van der Waals surface area contributed by atoms with Gasteiger partial charge in [0.25, 0.3) is 0 Å². The van der Waals surface area contributed by atoms with E-state index in [1.165, 1.54) is 55.1 Å². The summed E-state index contributed by atoms with van der Waals surface area (Å²) in [5, 5.41) is 5.92. The van der Waals surface area contributed by atoms with Crippen LogP contribution in [0.4, 0.5) is 5.69 Å². The predicted molar refractivity (Wildman–Crippen MR) is 125 cm³/mol. The molecule has 0 aliphatic carbocycles. The van der Waals surface area contributed by atoms with Crippen molar-refractivity contribution >= 4 is 54.7 Å². The Morgan fingerprint density at radius 2 is 1.57 bits per heavy atom. The number of rotatable bonds is 0. The van der Waals surface area contributed by atoms with Crippen LogP contribution in [-0.2, 0) is 7.05 Å². The minimum absolute atomic E-state index is 0.730. The Labute approximate surface area is 174 Å². The molecule has 0 aliphatic heterocycles. The molecule has 0 aliphatic rings. The van der Waals surface area contributed by atoms with Crippen LogP contribution in [0.2, 0.25) is 0 Å². The Morgan fingerprint density at radius 3 is 2.33 bits per heavy atom. The lowest BCUT2D eigenvalue weighted by Crippen LogP contribution is -2.29. The van der Waals surface area contributed by atoms with Gasteiger partial charge in [-0.3, -0.25) is 0 Å². The van der Waals surface area contributed by atoms with E-state index in [0.29, 0.717) is 0 Å². The van der Waals surface area contributed by atoms with E-state index in [2.05, 4.69) is 91.2 Å². The van der Waals surface area contributed by atoms with Crippen LogP contribution < -0.4 is 4.57 Å². The quantitative estimate of drug-likeness (QED) is 0.120. The molecule has 3 aromatic heterocycles. The van der Waals surface area contributed by atoms with Crippen molar-refractivity contribution in [2.45, 2.75) is 27.7 Å². The standard InChI is InChI=1S/C27H22N3/c1-14-15(2)17(4)25-22(16(14)3)26-23-18(11-12-29(26)6)13-20(28-5)24-19-9-7-8-10-21(19)30(25)27(23)24/h7-13H,1-4,6H3/q+1. The number of hydrogen-bond acceptors (Lipinski definition) is 0. The molecule has 6 aromatic rings. The summed E-state index contributed by atoms with van der Waals surface area (Å²) >= 11 is 0. The van der Waals surface area contributed by atoms with Crippen LogP contribution in [-0.4, -0.2) is 4.40 Å². The Hall–Kier alpha value is -3.64. The fourth-order valence-electron chi connectivity index (χ4n) is 5.47. The van der Waals surface area contributed by atoms with Gasteiger partial charge in [0.2, 0.25) is 5.52 Å². The summed E-state index contributed by atoms with van der Waals surface area (Å²) in [6, 6.07) is 12.7. The monoisotopic (exact) mass is 388 g/mol. The SMILES string of the molecule is [C-]#[N+]c1cc2cc[n+](C)c3c4c(C)c(C)c(C)c(C)c4n4c5ccccc5c1c4c23. The summed E-state index contributed by atoms with van der Waals surface area (Å²) in [7, 11) is 2.13. The second-order valence-electron chi connectivity index (χ2n) is 8.55. The van der Waals surface area contributed by atoms with E-state index in [1.54, 1.807) is 0 Å². The van der Waals surface area contributed by atoms with Crippen molar-refractivity contribution in [1.29, 1.82) is 0 Å². The zero-order chi connectivity index (χ0) is 20.9. The summed E-state index contributed by atoms with van der Waals surface area (Å²) in [5.74, 6) is 0. The number of aryl methyl sites for hydroxylation is 3. The molecule has 6 rings (SSSR count). The predicted octanol–water partition coefficient (Wildman–Crippen LogP) is 6.60. The minimum Gasteiger partial charge on any atom is -0.309 e. The zero-order valence-electron chi connectivity index (χ0n) is 17.9. The van der Waals surface area contributed by atoms with E-state index in [9.17, 15) is 0 Å². The Morgan fingerprint density at radius 1 is 0.833 bits per heavy atom. The molecule has 3 heteroatoms. The molecule has 3 nitrogen and oxygen atoms in total. The highest BCUT2D eigenvalue weighted by atomic mass is 15.0. The van der Waals surface area contributed by atoms with Crippen molar-refractivity contribution in [3.8, 4) is 0 Å². The van der Waals surface area contributed by atoms with Gasteiger partial charge in [0.05, 0.1) is 33.9 Å². The van der Waals surface area contributed by atoms with Gasteiger partial charge in [-0.05, 0) is 72.9 Å². The van der Waals surface area contributed by atoms with Crippen LogP contribution in [0.5, 0.6) is 0 Å². The Kier molecular flexibility index (Phi) is 3.15. The highest BCUT2D eigenvalue weighted by molar-refractivity contribution is 6.30. The molecule has 0 fully saturated rings. The van der Waals surface area contributed by atoms with Gasteiger partial charge in [-0.2, -0.15) is 0 Å². The highest BCUT2D eigenvalue weighted by Crippen LogP contribution is 2.46. The fraction of sp³-hybridized carbons (Fsp3) is 0.185. The van der Waals surface area contributed by atoms with Gasteiger partial charge in [0.1, 0.15) is 7.05 Å². The molecule has 0 bridgehead atoms. The molecule has 3 aromatic carbocycles. The van der Waals surface area contributed by atoms with E-state index in [1.807, 2.05) is 0 Å². The summed E-state index contributed by atoms with van der Waals surface area (Å²) in [6.45, 7) is 16.8. The molecule has 0 saturated carbocycles. The van der Waals surface area contributed by atoms with Crippen LogP contribution in [0.25, 0.3) is 53.8 Å². The lowest BCUT2D eigenvalue weighted by atomic mass is 9.91. The topological polar surface area (TPSA) is 12.7 Å². The molecule has 0 radical (unpaired) electrons. The number of benzene rings is 3. The molecular weight excluding hydrogens is 366 g/mol. The molecule has 0 saturated heterocycles. The Bertz CT molecular complexity index is 1740. The molecule has 3 heterocycles. The number of aromatic nitrogens is 2. The average molecular weight is 388 g/mol. The summed E-state index contributed by atoms with van der Waals surface area (Å²) in [5.41, 5.74) is 10.9. The van der Waals surface area contributed by atoms with E-state index >= 15 is 0 Å². The van der Waals surface area contributed by atoms with E-state index in [4.69, 9.17) is 6.57 Å². The van der Waals surface area contributed by atoms with Crippen molar-refractivity contribution in [2.75, 3.05) is 0 Å². The maximum Gasteiger partial charge on any atom is 0.224 e. The van der Waals surface area contributed by atoms with E-state index < -0.39 is 0 Å². The minimum atomic E-state index is 0.730. The van der Waals surface area contributed by atoms with Crippen molar-refractivity contribution in [2.24, 2.45) is 7.05 Å². The summed E-state index contributed by atoms with van der Waals surface area (Å²) < 4.78 is 4.68. The van der Waals surface area contributed by atoms with Crippen LogP contribution in [0.3, 0.4) is 0 Å². The molecule has 30 heavy (non-hydrogen) atoms. The van der Waals surface area contributed by atoms with Gasteiger partial charge in [0, 0.05) is 11.5 Å². The first kappa shape index (κ1) is 17.2. The third-order valence-corrected chi connectivity index (χ3v) is 7.25. The highest BCUT2D eigenvalue weighted by Gasteiger charge is 2.27. The van der Waals surface area contributed by atoms with Crippen LogP contribution in [0.1, 0.15) is 22.3 Å². The number of pyridine rings is 2. The second-order valence-corrected chi connectivity index (χ2v) is 8.55. The van der Waals surface area contributed by atoms with Crippen molar-refractivity contribution in [3.05, 3.63) is 76.3 Å². The number of para-hydroxylation sites is 1. The maximum absolute atomic E-state index is 7.89. The smallest absolute Gasteiger partial charge is 0.224 e. The molecule has 144 valence electrons. The van der Waals surface area contributed by atoms with Crippen molar-refractivity contribution in [3.63, 3.8) is 0 Å². The molecule has 0 amide bonds. The zero-order valence-corrected chi connectivity index (χ0v) is 17.9. The van der Waals surface area contributed by atoms with E-state index in [0.717, 1.165) is 21.8 Å². The lowest BCUT2D eigenvalue weighted by Gasteiger charge is -2.18. The van der Waals surface area contributed by atoms with Gasteiger partial charge >= 0.3 is 0 Å². The third kappa shape index (κ3) is 1.78. The molecular formula is C27H22N3+. The van der Waals surface area contributed by atoms with Crippen LogP contribution in [0.15, 0.2) is 42.6 Å². The number of fused-ring (bicyclic) bond motifs is 6. The van der Waals surface area contributed by atoms with E-state index in [-0.39, 0.29) is 0 Å².